The van der Waals surface area contributed by atoms with Gasteiger partial charge in [-0.05, 0) is 13.0 Å². The van der Waals surface area contributed by atoms with E-state index in [0.717, 1.165) is 6.92 Å². The van der Waals surface area contributed by atoms with E-state index in [-0.39, 0.29) is 78.7 Å². The topological polar surface area (TPSA) is 344 Å². The van der Waals surface area contributed by atoms with E-state index >= 15 is 0 Å². The van der Waals surface area contributed by atoms with E-state index in [1.807, 2.05) is 0 Å². The number of nitrogens with one attached hydrogen (secondary N) is 1. The van der Waals surface area contributed by atoms with Crippen molar-refractivity contribution in [1.82, 2.24) is 5.32 Å². The van der Waals surface area contributed by atoms with Crippen LogP contribution in [0.15, 0.2) is 0 Å². The van der Waals surface area contributed by atoms with Gasteiger partial charge in [0.1, 0.15) is 48.8 Å². The Morgan fingerprint density at radius 2 is 1.32 bits per heavy atom. The molecule has 0 aromatic carbocycles. The molecule has 0 spiro atoms. The van der Waals surface area contributed by atoms with Gasteiger partial charge >= 0.3 is 90.3 Å². The first kappa shape index (κ1) is 44.8. The van der Waals surface area contributed by atoms with Crippen molar-refractivity contribution < 1.29 is 150 Å². The summed E-state index contributed by atoms with van der Waals surface area (Å²) < 4.78 is 129. The summed E-state index contributed by atoms with van der Waals surface area (Å²) in [6.07, 6.45) is -18.0. The van der Waals surface area contributed by atoms with Gasteiger partial charge in [-0.15, -0.1) is 0 Å². The van der Waals surface area contributed by atoms with Crippen LogP contribution in [-0.2, 0) is 67.5 Å². The first-order valence-corrected chi connectivity index (χ1v) is 15.8. The maximum atomic E-state index is 11.8. The van der Waals surface area contributed by atoms with E-state index in [1.165, 1.54) is 0 Å². The maximum absolute atomic E-state index is 11.8. The quantitative estimate of drug-likeness (QED) is 0.0441. The largest absolute Gasteiger partial charge is 1.00 e. The van der Waals surface area contributed by atoms with E-state index in [9.17, 15) is 45.4 Å². The molecule has 10 atom stereocenters. The van der Waals surface area contributed by atoms with Gasteiger partial charge in [-0.1, -0.05) is 0 Å². The number of hydrogen-bond acceptors (Lipinski definition) is 18. The van der Waals surface area contributed by atoms with Gasteiger partial charge in [0.2, 0.25) is 5.91 Å². The van der Waals surface area contributed by atoms with Crippen LogP contribution in [-0.4, -0.2) is 148 Å². The summed E-state index contributed by atoms with van der Waals surface area (Å²) in [6, 6.07) is -1.47. The number of nitrogens with two attached hydrogens (primary N) is 1. The zero-order chi connectivity index (χ0) is 32.0. The fraction of sp³-hybridized carbons (Fsp3) is 0.941. The molecule has 0 bridgehead atoms. The van der Waals surface area contributed by atoms with Gasteiger partial charge in [-0.25, -0.2) is 12.5 Å². The summed E-state index contributed by atoms with van der Waals surface area (Å²) in [5, 5.41) is 34.5. The molecule has 0 unspecified atom stereocenters. The molecule has 2 aliphatic rings. The Kier molecular flexibility index (Phi) is 19.4. The van der Waals surface area contributed by atoms with Crippen molar-refractivity contribution in [3.8, 4) is 0 Å². The molecular formula is C17H32N2Na2O20S3+2. The number of ether oxygens (including phenoxy) is 4. The van der Waals surface area contributed by atoms with Gasteiger partial charge in [0.25, 0.3) is 0 Å². The minimum absolute atomic E-state index is 0. The number of hydrogen-bond donors (Lipinski definition) is 8. The first-order valence-electron chi connectivity index (χ1n) is 11.7. The Morgan fingerprint density at radius 1 is 0.795 bits per heavy atom. The van der Waals surface area contributed by atoms with Crippen LogP contribution in [0.25, 0.3) is 0 Å². The molecule has 2 saturated heterocycles. The predicted octanol–water partition coefficient (Wildman–Crippen LogP) is -11.4. The Bertz CT molecular complexity index is 1230. The number of aliphatic hydroxyl groups excluding tert-OH is 3. The predicted molar refractivity (Wildman–Crippen MR) is 129 cm³/mol. The molecule has 248 valence electrons. The third kappa shape index (κ3) is 14.9. The van der Waals surface area contributed by atoms with Crippen LogP contribution in [0, 0.1) is 0 Å². The summed E-state index contributed by atoms with van der Waals surface area (Å²) in [7, 11) is -15.7. The van der Waals surface area contributed by atoms with Crippen molar-refractivity contribution in [3.05, 3.63) is 0 Å². The molecule has 2 rings (SSSR count). The zero-order valence-corrected chi connectivity index (χ0v) is 30.0. The second-order valence-corrected chi connectivity index (χ2v) is 12.0. The average molecular weight is 727 g/mol. The van der Waals surface area contributed by atoms with Gasteiger partial charge in [-0.2, -0.15) is 25.3 Å². The van der Waals surface area contributed by atoms with Crippen molar-refractivity contribution in [1.29, 1.82) is 0 Å². The molecule has 0 aromatic rings. The number of aliphatic hydroxyl groups is 3. The van der Waals surface area contributed by atoms with Crippen LogP contribution >= 0.6 is 0 Å². The molecule has 2 aliphatic heterocycles. The van der Waals surface area contributed by atoms with Gasteiger partial charge in [0.05, 0.1) is 19.8 Å². The van der Waals surface area contributed by atoms with E-state index in [1.54, 1.807) is 0 Å². The molecule has 2 heterocycles. The molecule has 0 radical (unpaired) electrons. The monoisotopic (exact) mass is 726 g/mol. The van der Waals surface area contributed by atoms with Crippen molar-refractivity contribution in [2.45, 2.75) is 74.7 Å². The van der Waals surface area contributed by atoms with E-state index in [4.69, 9.17) is 38.3 Å². The van der Waals surface area contributed by atoms with Crippen LogP contribution in [0.3, 0.4) is 0 Å². The van der Waals surface area contributed by atoms with Crippen LogP contribution in [0.2, 0.25) is 0 Å². The van der Waals surface area contributed by atoms with Gasteiger partial charge < -0.3 is 45.3 Å². The Morgan fingerprint density at radius 3 is 1.80 bits per heavy atom. The molecule has 27 heteroatoms. The average Bonchev–Trinajstić information content (AvgIpc) is 2.83. The third-order valence-corrected chi connectivity index (χ3v) is 6.94. The van der Waals surface area contributed by atoms with Gasteiger partial charge in [-0.3, -0.25) is 18.5 Å². The summed E-state index contributed by atoms with van der Waals surface area (Å²) in [5.41, 5.74) is 5.42. The molecule has 1 amide bonds. The molecule has 22 nitrogen and oxygen atoms in total. The maximum Gasteiger partial charge on any atom is 1.00 e. The van der Waals surface area contributed by atoms with E-state index in [0.29, 0.717) is 0 Å². The summed E-state index contributed by atoms with van der Waals surface area (Å²) in [6.45, 7) is -1.18. The fourth-order valence-electron chi connectivity index (χ4n) is 3.90. The normalized spacial score (nSPS) is 33.1. The van der Waals surface area contributed by atoms with Crippen LogP contribution in [0.5, 0.6) is 0 Å². The van der Waals surface area contributed by atoms with Crippen molar-refractivity contribution in [2.75, 3.05) is 26.4 Å². The third-order valence-electron chi connectivity index (χ3n) is 5.60. The van der Waals surface area contributed by atoms with Crippen LogP contribution < -0.4 is 70.2 Å². The molecule has 44 heavy (non-hydrogen) atoms. The second-order valence-electron chi connectivity index (χ2n) is 8.81. The summed E-state index contributed by atoms with van der Waals surface area (Å²) >= 11 is 0. The Hall–Kier alpha value is 0.760. The SMILES string of the molecule is CC(=O)N[C@H]1[C@@H](OCCCN)O[C@H](COS(=O)(=O)O)[C@@H](O[C@@H]2O[C@H](COS(=O)(=O)O)[C@H](O)[C@H](OS(=O)(=O)O)[C@H]2O)[C@@H]1O.[Na+].[Na+]. The number of carbonyl (C=O) groups excluding carboxylic acids is 1. The van der Waals surface area contributed by atoms with Crippen LogP contribution in [0.4, 0.5) is 0 Å². The van der Waals surface area contributed by atoms with Crippen molar-refractivity contribution >= 4 is 37.1 Å². The van der Waals surface area contributed by atoms with E-state index < -0.39 is 112 Å². The number of amides is 1. The van der Waals surface area contributed by atoms with Gasteiger partial charge in [0, 0.05) is 6.92 Å². The van der Waals surface area contributed by atoms with Crippen molar-refractivity contribution in [3.63, 3.8) is 0 Å². The standard InChI is InChI=1S/C17H32N2O20S3.2Na/c1-7(20)19-10-12(22)14(9(6-35-41(27,28)29)37-16(10)33-4-2-3-18)38-17-13(23)15(39-42(30,31)32)11(21)8(36-17)5-34-40(24,25)26;;/h8-17,21-23H,2-6,18H2,1H3,(H,19,20)(H,24,25,26)(H,27,28,29)(H,30,31,32);;/q;2*+1/t8-,9-,10-,11+,12-,13-,14-,15+,16+,17+;;/m1../s1. The van der Waals surface area contributed by atoms with Crippen LogP contribution in [0.1, 0.15) is 13.3 Å². The molecule has 0 aliphatic carbocycles. The Balaban J connectivity index is 0.00000924. The van der Waals surface area contributed by atoms with Gasteiger partial charge in [0.15, 0.2) is 12.6 Å². The molecule has 9 N–H and O–H groups in total. The minimum Gasteiger partial charge on any atom is -0.388 e. The number of rotatable bonds is 15. The number of carbonyl (C=O) groups is 1. The molecule has 2 fully saturated rings. The summed E-state index contributed by atoms with van der Waals surface area (Å²) in [4.78, 5) is 11.8. The summed E-state index contributed by atoms with van der Waals surface area (Å²) in [5.74, 6) is -0.720. The Labute approximate surface area is 296 Å². The zero-order valence-electron chi connectivity index (χ0n) is 23.5. The molecular weight excluding hydrogens is 694 g/mol. The minimum atomic E-state index is -5.40. The smallest absolute Gasteiger partial charge is 0.388 e. The first-order chi connectivity index (χ1) is 19.2. The second kappa shape index (κ2) is 19.1. The van der Waals surface area contributed by atoms with E-state index in [2.05, 4.69) is 17.9 Å². The molecule has 0 aromatic heterocycles. The molecule has 0 saturated carbocycles. The van der Waals surface area contributed by atoms with Crippen molar-refractivity contribution in [2.24, 2.45) is 5.73 Å². The fourth-order valence-corrected chi connectivity index (χ4v) is 5.02.